The molecule has 7 nitrogen and oxygen atoms in total. The number of rotatable bonds is 13. The van der Waals surface area contributed by atoms with Crippen LogP contribution in [0.3, 0.4) is 0 Å². The summed E-state index contributed by atoms with van der Waals surface area (Å²) in [5.74, 6) is 2.34. The van der Waals surface area contributed by atoms with Crippen LogP contribution in [-0.4, -0.2) is 31.5 Å². The largest absolute Gasteiger partial charge is 0.368 e. The summed E-state index contributed by atoms with van der Waals surface area (Å²) in [6.07, 6.45) is 15.2. The van der Waals surface area contributed by atoms with E-state index in [1.54, 1.807) is 6.20 Å². The van der Waals surface area contributed by atoms with Crippen molar-refractivity contribution in [3.63, 3.8) is 0 Å². The molecule has 0 aliphatic carbocycles. The number of nitrogen functional groups attached to an aromatic ring is 1. The van der Waals surface area contributed by atoms with Gasteiger partial charge in [-0.05, 0) is 13.0 Å². The Morgan fingerprint density at radius 3 is 2.27 bits per heavy atom. The van der Waals surface area contributed by atoms with Crippen LogP contribution in [0.2, 0.25) is 0 Å². The van der Waals surface area contributed by atoms with Gasteiger partial charge in [-0.25, -0.2) is 9.97 Å². The number of imidazole rings is 1. The summed E-state index contributed by atoms with van der Waals surface area (Å²) < 4.78 is 0. The van der Waals surface area contributed by atoms with E-state index in [1.807, 2.05) is 0 Å². The first kappa shape index (κ1) is 20.3. The molecule has 2 aromatic heterocycles. The summed E-state index contributed by atoms with van der Waals surface area (Å²) in [6.45, 7) is 2.74. The maximum absolute atomic E-state index is 5.76. The standard InChI is InChI=1S/C19H33N7/c1-2-3-4-5-6-7-8-9-10-11-16-22-14-15(23-16)18-24-17(12-13-20)25-19(21)26-18/h14H,2-13,20H2,1H3,(H,22,23)(H2,21,24,25,26). The van der Waals surface area contributed by atoms with E-state index in [1.165, 1.54) is 51.4 Å². The van der Waals surface area contributed by atoms with E-state index in [0.717, 1.165) is 24.4 Å². The lowest BCUT2D eigenvalue weighted by atomic mass is 10.1. The van der Waals surface area contributed by atoms with Crippen LogP contribution in [0.5, 0.6) is 0 Å². The van der Waals surface area contributed by atoms with Crippen LogP contribution in [0, 0.1) is 0 Å². The lowest BCUT2D eigenvalue weighted by Gasteiger charge is -2.02. The summed E-state index contributed by atoms with van der Waals surface area (Å²) in [5, 5.41) is 0. The normalized spacial score (nSPS) is 11.2. The highest BCUT2D eigenvalue weighted by Crippen LogP contribution is 2.15. The number of hydrogen-bond acceptors (Lipinski definition) is 6. The summed E-state index contributed by atoms with van der Waals surface area (Å²) in [5.41, 5.74) is 12.1. The van der Waals surface area contributed by atoms with Gasteiger partial charge in [0.2, 0.25) is 5.95 Å². The van der Waals surface area contributed by atoms with Crippen molar-refractivity contribution in [2.45, 2.75) is 77.6 Å². The Labute approximate surface area is 156 Å². The topological polar surface area (TPSA) is 119 Å². The van der Waals surface area contributed by atoms with Gasteiger partial charge in [-0.2, -0.15) is 9.97 Å². The first-order valence-electron chi connectivity index (χ1n) is 9.97. The molecule has 0 saturated heterocycles. The van der Waals surface area contributed by atoms with Crippen molar-refractivity contribution >= 4 is 5.95 Å². The first-order valence-corrected chi connectivity index (χ1v) is 9.97. The van der Waals surface area contributed by atoms with E-state index in [4.69, 9.17) is 11.5 Å². The number of nitrogens with two attached hydrogens (primary N) is 2. The minimum absolute atomic E-state index is 0.216. The molecule has 26 heavy (non-hydrogen) atoms. The molecule has 0 aromatic carbocycles. The van der Waals surface area contributed by atoms with Crippen molar-refractivity contribution in [3.8, 4) is 11.5 Å². The van der Waals surface area contributed by atoms with Crippen molar-refractivity contribution in [3.05, 3.63) is 17.8 Å². The van der Waals surface area contributed by atoms with Gasteiger partial charge in [-0.3, -0.25) is 0 Å². The van der Waals surface area contributed by atoms with E-state index in [0.29, 0.717) is 24.6 Å². The molecule has 144 valence electrons. The SMILES string of the molecule is CCCCCCCCCCCc1ncc(-c2nc(N)nc(CCN)n2)[nH]1. The Bertz CT molecular complexity index is 639. The third-order valence-corrected chi connectivity index (χ3v) is 4.45. The molecule has 0 amide bonds. The first-order chi connectivity index (χ1) is 12.7. The number of aromatic nitrogens is 5. The molecular formula is C19H33N7. The maximum atomic E-state index is 5.76. The van der Waals surface area contributed by atoms with E-state index in [9.17, 15) is 0 Å². The Morgan fingerprint density at radius 1 is 0.885 bits per heavy atom. The van der Waals surface area contributed by atoms with Gasteiger partial charge in [0.25, 0.3) is 0 Å². The molecule has 2 aromatic rings. The van der Waals surface area contributed by atoms with E-state index in [-0.39, 0.29) is 5.95 Å². The van der Waals surface area contributed by atoms with Crippen LogP contribution >= 0.6 is 0 Å². The minimum atomic E-state index is 0.216. The van der Waals surface area contributed by atoms with Crippen molar-refractivity contribution < 1.29 is 0 Å². The fourth-order valence-corrected chi connectivity index (χ4v) is 3.01. The van der Waals surface area contributed by atoms with E-state index < -0.39 is 0 Å². The molecule has 2 rings (SSSR count). The number of nitrogens with zero attached hydrogens (tertiary/aromatic N) is 4. The monoisotopic (exact) mass is 359 g/mol. The van der Waals surface area contributed by atoms with Gasteiger partial charge in [-0.15, -0.1) is 0 Å². The van der Waals surface area contributed by atoms with Crippen LogP contribution in [0.25, 0.3) is 11.5 Å². The molecular weight excluding hydrogens is 326 g/mol. The Hall–Kier alpha value is -2.02. The number of aromatic amines is 1. The van der Waals surface area contributed by atoms with Crippen molar-refractivity contribution in [1.29, 1.82) is 0 Å². The highest BCUT2D eigenvalue weighted by molar-refractivity contribution is 5.49. The van der Waals surface area contributed by atoms with Gasteiger partial charge < -0.3 is 16.5 Å². The predicted octanol–water partition coefficient (Wildman–Crippen LogP) is 3.42. The summed E-state index contributed by atoms with van der Waals surface area (Å²) in [7, 11) is 0. The molecule has 0 atom stereocenters. The van der Waals surface area contributed by atoms with Gasteiger partial charge in [0.1, 0.15) is 17.3 Å². The predicted molar refractivity (Wildman–Crippen MR) is 106 cm³/mol. The average molecular weight is 360 g/mol. The molecule has 0 radical (unpaired) electrons. The molecule has 0 aliphatic heterocycles. The lowest BCUT2D eigenvalue weighted by molar-refractivity contribution is 0.562. The number of aryl methyl sites for hydroxylation is 1. The third-order valence-electron chi connectivity index (χ3n) is 4.45. The number of anilines is 1. The zero-order valence-electron chi connectivity index (χ0n) is 16.0. The van der Waals surface area contributed by atoms with E-state index >= 15 is 0 Å². The summed E-state index contributed by atoms with van der Waals surface area (Å²) in [4.78, 5) is 20.4. The van der Waals surface area contributed by atoms with Crippen LogP contribution in [0.15, 0.2) is 6.20 Å². The summed E-state index contributed by atoms with van der Waals surface area (Å²) in [6, 6.07) is 0. The van der Waals surface area contributed by atoms with Crippen molar-refractivity contribution in [2.24, 2.45) is 5.73 Å². The van der Waals surface area contributed by atoms with Crippen molar-refractivity contribution in [1.82, 2.24) is 24.9 Å². The number of nitrogens with one attached hydrogen (secondary N) is 1. The highest BCUT2D eigenvalue weighted by Gasteiger charge is 2.09. The summed E-state index contributed by atoms with van der Waals surface area (Å²) >= 11 is 0. The van der Waals surface area contributed by atoms with Gasteiger partial charge in [0, 0.05) is 12.8 Å². The lowest BCUT2D eigenvalue weighted by Crippen LogP contribution is -2.10. The molecule has 0 fully saturated rings. The molecule has 0 unspecified atom stereocenters. The quantitative estimate of drug-likeness (QED) is 0.471. The van der Waals surface area contributed by atoms with Gasteiger partial charge in [-0.1, -0.05) is 58.3 Å². The van der Waals surface area contributed by atoms with Crippen LogP contribution in [-0.2, 0) is 12.8 Å². The van der Waals surface area contributed by atoms with Gasteiger partial charge in [0.05, 0.1) is 6.20 Å². The Balaban J connectivity index is 1.73. The molecule has 0 bridgehead atoms. The number of hydrogen-bond donors (Lipinski definition) is 3. The fraction of sp³-hybridized carbons (Fsp3) is 0.684. The molecule has 0 spiro atoms. The smallest absolute Gasteiger partial charge is 0.223 e. The number of H-pyrrole nitrogens is 1. The van der Waals surface area contributed by atoms with Gasteiger partial charge in [0.15, 0.2) is 5.82 Å². The molecule has 2 heterocycles. The zero-order chi connectivity index (χ0) is 18.6. The van der Waals surface area contributed by atoms with Gasteiger partial charge >= 0.3 is 0 Å². The van der Waals surface area contributed by atoms with Crippen LogP contribution in [0.4, 0.5) is 5.95 Å². The average Bonchev–Trinajstić information content (AvgIpc) is 3.09. The Kier molecular flexibility index (Phi) is 9.03. The van der Waals surface area contributed by atoms with Crippen LogP contribution in [0.1, 0.15) is 76.4 Å². The Morgan fingerprint density at radius 2 is 1.58 bits per heavy atom. The number of unbranched alkanes of at least 4 members (excludes halogenated alkanes) is 8. The maximum Gasteiger partial charge on any atom is 0.223 e. The molecule has 0 aliphatic rings. The molecule has 5 N–H and O–H groups in total. The van der Waals surface area contributed by atoms with E-state index in [2.05, 4.69) is 31.8 Å². The third kappa shape index (κ3) is 7.07. The molecule has 0 saturated carbocycles. The second-order valence-corrected chi connectivity index (χ2v) is 6.79. The fourth-order valence-electron chi connectivity index (χ4n) is 3.01. The second-order valence-electron chi connectivity index (χ2n) is 6.79. The van der Waals surface area contributed by atoms with Crippen LogP contribution < -0.4 is 11.5 Å². The minimum Gasteiger partial charge on any atom is -0.368 e. The zero-order valence-corrected chi connectivity index (χ0v) is 16.0. The van der Waals surface area contributed by atoms with Crippen molar-refractivity contribution in [2.75, 3.05) is 12.3 Å². The second kappa shape index (κ2) is 11.6. The highest BCUT2D eigenvalue weighted by atomic mass is 15.1. The molecule has 7 heteroatoms.